The minimum absolute atomic E-state index is 0.0698. The van der Waals surface area contributed by atoms with Crippen molar-refractivity contribution in [3.05, 3.63) is 57.7 Å². The Hall–Kier alpha value is -2.71. The molecule has 0 fully saturated rings. The van der Waals surface area contributed by atoms with Gasteiger partial charge in [-0.25, -0.2) is 4.98 Å². The summed E-state index contributed by atoms with van der Waals surface area (Å²) in [6.07, 6.45) is 0. The number of amides is 1. The first-order chi connectivity index (χ1) is 12.7. The number of carbonyl (C=O) groups is 2. The molecule has 0 radical (unpaired) electrons. The fourth-order valence-corrected chi connectivity index (χ4v) is 3.54. The molecule has 2 aromatic heterocycles. The van der Waals surface area contributed by atoms with Crippen molar-refractivity contribution in [3.63, 3.8) is 0 Å². The lowest BCUT2D eigenvalue weighted by atomic mass is 10.2. The Morgan fingerprint density at radius 1 is 1.15 bits per heavy atom. The molecule has 0 saturated heterocycles. The zero-order chi connectivity index (χ0) is 18.4. The third-order valence-electron chi connectivity index (χ3n) is 3.41. The van der Waals surface area contributed by atoms with E-state index in [0.29, 0.717) is 10.6 Å². The molecule has 3 rings (SSSR count). The molecule has 0 aliphatic heterocycles. The SMILES string of the molecule is COc1ccc(-c2nc(COC(=O)CNC(=O)c3cccs3)cs2)cc1. The summed E-state index contributed by atoms with van der Waals surface area (Å²) in [6.45, 7) is -0.105. The molecule has 1 amide bonds. The predicted molar refractivity (Wildman–Crippen MR) is 101 cm³/mol. The van der Waals surface area contributed by atoms with Crippen LogP contribution in [-0.2, 0) is 16.1 Å². The van der Waals surface area contributed by atoms with Crippen LogP contribution in [0.15, 0.2) is 47.2 Å². The van der Waals surface area contributed by atoms with Gasteiger partial charge in [-0.3, -0.25) is 9.59 Å². The van der Waals surface area contributed by atoms with Crippen molar-refractivity contribution in [2.24, 2.45) is 0 Å². The molecule has 0 unspecified atom stereocenters. The molecule has 3 aromatic rings. The molecule has 2 heterocycles. The first-order valence-corrected chi connectivity index (χ1v) is 9.48. The smallest absolute Gasteiger partial charge is 0.325 e. The maximum absolute atomic E-state index is 11.8. The van der Waals surface area contributed by atoms with Crippen LogP contribution in [0, 0.1) is 0 Å². The van der Waals surface area contributed by atoms with Gasteiger partial charge < -0.3 is 14.8 Å². The molecule has 134 valence electrons. The summed E-state index contributed by atoms with van der Waals surface area (Å²) < 4.78 is 10.3. The highest BCUT2D eigenvalue weighted by Gasteiger charge is 2.11. The highest BCUT2D eigenvalue weighted by molar-refractivity contribution is 7.13. The van der Waals surface area contributed by atoms with Gasteiger partial charge in [-0.05, 0) is 35.7 Å². The van der Waals surface area contributed by atoms with E-state index in [0.717, 1.165) is 16.3 Å². The van der Waals surface area contributed by atoms with Gasteiger partial charge >= 0.3 is 5.97 Å². The molecule has 1 N–H and O–H groups in total. The second kappa shape index (κ2) is 8.59. The fourth-order valence-electron chi connectivity index (χ4n) is 2.09. The third-order valence-corrected chi connectivity index (χ3v) is 5.22. The Kier molecular flexibility index (Phi) is 5.98. The van der Waals surface area contributed by atoms with Gasteiger partial charge in [0, 0.05) is 10.9 Å². The van der Waals surface area contributed by atoms with Crippen molar-refractivity contribution in [1.82, 2.24) is 10.3 Å². The topological polar surface area (TPSA) is 77.5 Å². The Morgan fingerprint density at radius 2 is 1.96 bits per heavy atom. The highest BCUT2D eigenvalue weighted by atomic mass is 32.1. The second-order valence-electron chi connectivity index (χ2n) is 5.19. The standard InChI is InChI=1S/C18H16N2O4S2/c1-23-14-6-4-12(5-7-14)18-20-13(11-26-18)10-24-16(21)9-19-17(22)15-3-2-8-25-15/h2-8,11H,9-10H2,1H3,(H,19,22). The number of carbonyl (C=O) groups excluding carboxylic acids is 2. The number of hydrogen-bond acceptors (Lipinski definition) is 7. The number of thiophene rings is 1. The Labute approximate surface area is 158 Å². The van der Waals surface area contributed by atoms with Crippen LogP contribution in [0.4, 0.5) is 0 Å². The summed E-state index contributed by atoms with van der Waals surface area (Å²) in [5, 5.41) is 7.01. The summed E-state index contributed by atoms with van der Waals surface area (Å²) in [6, 6.07) is 11.1. The first-order valence-electron chi connectivity index (χ1n) is 7.72. The van der Waals surface area contributed by atoms with E-state index < -0.39 is 5.97 Å². The van der Waals surface area contributed by atoms with Crippen molar-refractivity contribution in [2.45, 2.75) is 6.61 Å². The molecule has 0 saturated carbocycles. The summed E-state index contributed by atoms with van der Waals surface area (Å²) in [4.78, 5) is 28.5. The molecule has 6 nitrogen and oxygen atoms in total. The van der Waals surface area contributed by atoms with E-state index in [9.17, 15) is 9.59 Å². The van der Waals surface area contributed by atoms with E-state index in [1.54, 1.807) is 24.6 Å². The number of hydrogen-bond donors (Lipinski definition) is 1. The fraction of sp³-hybridized carbons (Fsp3) is 0.167. The van der Waals surface area contributed by atoms with Crippen molar-refractivity contribution in [1.29, 1.82) is 0 Å². The number of thiazole rings is 1. The van der Waals surface area contributed by atoms with Gasteiger partial charge in [0.2, 0.25) is 0 Å². The average Bonchev–Trinajstić information content (AvgIpc) is 3.36. The molecule has 8 heteroatoms. The van der Waals surface area contributed by atoms with Gasteiger partial charge in [-0.15, -0.1) is 22.7 Å². The number of ether oxygens (including phenoxy) is 2. The second-order valence-corrected chi connectivity index (χ2v) is 7.00. The summed E-state index contributed by atoms with van der Waals surface area (Å²) in [7, 11) is 1.62. The number of nitrogens with one attached hydrogen (secondary N) is 1. The van der Waals surface area contributed by atoms with Gasteiger partial charge in [0.05, 0.1) is 17.7 Å². The van der Waals surface area contributed by atoms with E-state index in [1.807, 2.05) is 29.6 Å². The van der Waals surface area contributed by atoms with Gasteiger partial charge in [-0.2, -0.15) is 0 Å². The minimum atomic E-state index is -0.506. The maximum atomic E-state index is 11.8. The lowest BCUT2D eigenvalue weighted by molar-refractivity contribution is -0.143. The largest absolute Gasteiger partial charge is 0.497 e. The molecular weight excluding hydrogens is 372 g/mol. The van der Waals surface area contributed by atoms with Gasteiger partial charge in [-0.1, -0.05) is 6.07 Å². The van der Waals surface area contributed by atoms with Crippen molar-refractivity contribution in [3.8, 4) is 16.3 Å². The third kappa shape index (κ3) is 4.68. The lowest BCUT2D eigenvalue weighted by Crippen LogP contribution is -2.30. The highest BCUT2D eigenvalue weighted by Crippen LogP contribution is 2.25. The van der Waals surface area contributed by atoms with E-state index in [-0.39, 0.29) is 19.1 Å². The molecule has 0 atom stereocenters. The average molecular weight is 388 g/mol. The first kappa shape index (κ1) is 18.1. The monoisotopic (exact) mass is 388 g/mol. The van der Waals surface area contributed by atoms with Crippen LogP contribution in [0.5, 0.6) is 5.75 Å². The van der Waals surface area contributed by atoms with E-state index in [1.165, 1.54) is 22.7 Å². The molecule has 0 aliphatic rings. The zero-order valence-corrected chi connectivity index (χ0v) is 15.6. The Bertz CT molecular complexity index is 873. The van der Waals surface area contributed by atoms with Crippen LogP contribution in [0.1, 0.15) is 15.4 Å². The maximum Gasteiger partial charge on any atom is 0.325 e. The zero-order valence-electron chi connectivity index (χ0n) is 13.9. The van der Waals surface area contributed by atoms with Crippen molar-refractivity contribution < 1.29 is 19.1 Å². The number of rotatable bonds is 7. The van der Waals surface area contributed by atoms with Crippen LogP contribution in [-0.4, -0.2) is 30.5 Å². The molecule has 0 spiro atoms. The summed E-state index contributed by atoms with van der Waals surface area (Å²) in [5.74, 6) is -0.00893. The molecule has 0 bridgehead atoms. The van der Waals surface area contributed by atoms with Crippen LogP contribution in [0.3, 0.4) is 0 Å². The van der Waals surface area contributed by atoms with Crippen molar-refractivity contribution >= 4 is 34.6 Å². The predicted octanol–water partition coefficient (Wildman–Crippen LogP) is 3.35. The Balaban J connectivity index is 1.48. The summed E-state index contributed by atoms with van der Waals surface area (Å²) >= 11 is 2.79. The van der Waals surface area contributed by atoms with Gasteiger partial charge in [0.15, 0.2) is 0 Å². The lowest BCUT2D eigenvalue weighted by Gasteiger charge is -2.04. The number of methoxy groups -OCH3 is 1. The van der Waals surface area contributed by atoms with Gasteiger partial charge in [0.25, 0.3) is 5.91 Å². The molecule has 26 heavy (non-hydrogen) atoms. The van der Waals surface area contributed by atoms with E-state index >= 15 is 0 Å². The van der Waals surface area contributed by atoms with Crippen LogP contribution >= 0.6 is 22.7 Å². The van der Waals surface area contributed by atoms with Crippen LogP contribution in [0.2, 0.25) is 0 Å². The Morgan fingerprint density at radius 3 is 2.65 bits per heavy atom. The van der Waals surface area contributed by atoms with E-state index in [2.05, 4.69) is 10.3 Å². The van der Waals surface area contributed by atoms with Crippen LogP contribution in [0.25, 0.3) is 10.6 Å². The van der Waals surface area contributed by atoms with Gasteiger partial charge in [0.1, 0.15) is 23.9 Å². The van der Waals surface area contributed by atoms with Crippen molar-refractivity contribution in [2.75, 3.05) is 13.7 Å². The number of nitrogens with zero attached hydrogens (tertiary/aromatic N) is 1. The normalized spacial score (nSPS) is 10.3. The molecule has 1 aromatic carbocycles. The van der Waals surface area contributed by atoms with Crippen LogP contribution < -0.4 is 10.1 Å². The molecular formula is C18H16N2O4S2. The number of aromatic nitrogens is 1. The quantitative estimate of drug-likeness (QED) is 0.628. The number of benzene rings is 1. The summed E-state index contributed by atoms with van der Waals surface area (Å²) in [5.41, 5.74) is 1.63. The van der Waals surface area contributed by atoms with E-state index in [4.69, 9.17) is 9.47 Å². The molecule has 0 aliphatic carbocycles. The number of esters is 1. The minimum Gasteiger partial charge on any atom is -0.497 e.